The van der Waals surface area contributed by atoms with Gasteiger partial charge in [-0.15, -0.1) is 0 Å². The lowest BCUT2D eigenvalue weighted by atomic mass is 10.1. The largest absolute Gasteiger partial charge is 0.482 e. The van der Waals surface area contributed by atoms with E-state index >= 15 is 0 Å². The molecule has 7 heteroatoms. The van der Waals surface area contributed by atoms with Gasteiger partial charge in [-0.1, -0.05) is 0 Å². The van der Waals surface area contributed by atoms with Gasteiger partial charge in [-0.05, 0) is 25.1 Å². The molecule has 1 saturated heterocycles. The van der Waals surface area contributed by atoms with Crippen molar-refractivity contribution in [2.75, 3.05) is 44.8 Å². The van der Waals surface area contributed by atoms with Crippen LogP contribution in [-0.4, -0.2) is 62.2 Å². The van der Waals surface area contributed by atoms with E-state index in [0.29, 0.717) is 17.0 Å². The van der Waals surface area contributed by atoms with Crippen molar-refractivity contribution < 1.29 is 19.1 Å². The quantitative estimate of drug-likeness (QED) is 0.843. The van der Waals surface area contributed by atoms with Gasteiger partial charge in [0, 0.05) is 31.2 Å². The maximum Gasteiger partial charge on any atom is 0.262 e. The highest BCUT2D eigenvalue weighted by Gasteiger charge is 2.19. The Balaban J connectivity index is 1.58. The summed E-state index contributed by atoms with van der Waals surface area (Å²) < 4.78 is 10.7. The van der Waals surface area contributed by atoms with Gasteiger partial charge in [0.1, 0.15) is 5.75 Å². The topological polar surface area (TPSA) is 79.9 Å². The minimum atomic E-state index is -0.186. The minimum absolute atomic E-state index is 0.0223. The number of carbonyl (C=O) groups is 2. The monoisotopic (exact) mass is 319 g/mol. The maximum atomic E-state index is 12.3. The highest BCUT2D eigenvalue weighted by atomic mass is 16.5. The number of benzene rings is 1. The van der Waals surface area contributed by atoms with Crippen LogP contribution in [0.25, 0.3) is 0 Å². The van der Waals surface area contributed by atoms with Gasteiger partial charge in [-0.3, -0.25) is 14.5 Å². The van der Waals surface area contributed by atoms with Gasteiger partial charge < -0.3 is 20.1 Å². The maximum absolute atomic E-state index is 12.3. The zero-order valence-corrected chi connectivity index (χ0v) is 13.1. The number of anilines is 1. The van der Waals surface area contributed by atoms with E-state index in [4.69, 9.17) is 9.47 Å². The van der Waals surface area contributed by atoms with Gasteiger partial charge in [0.05, 0.1) is 18.9 Å². The van der Waals surface area contributed by atoms with Gasteiger partial charge in [0.15, 0.2) is 6.61 Å². The molecule has 124 valence electrons. The Hall–Kier alpha value is -2.12. The Bertz CT molecular complexity index is 599. The van der Waals surface area contributed by atoms with Crippen LogP contribution in [-0.2, 0) is 9.53 Å². The number of nitrogens with one attached hydrogen (secondary N) is 2. The van der Waals surface area contributed by atoms with E-state index in [1.807, 2.05) is 6.92 Å². The highest BCUT2D eigenvalue weighted by molar-refractivity contribution is 5.99. The normalized spacial score (nSPS) is 19.3. The number of fused-ring (bicyclic) bond motifs is 1. The fourth-order valence-corrected chi connectivity index (χ4v) is 2.74. The molecule has 2 aliphatic rings. The lowest BCUT2D eigenvalue weighted by Crippen LogP contribution is -2.46. The molecule has 2 N–H and O–H groups in total. The molecule has 0 aliphatic carbocycles. The van der Waals surface area contributed by atoms with Crippen LogP contribution < -0.4 is 15.4 Å². The highest BCUT2D eigenvalue weighted by Crippen LogP contribution is 2.28. The van der Waals surface area contributed by atoms with Gasteiger partial charge in [0.25, 0.3) is 11.8 Å². The van der Waals surface area contributed by atoms with Crippen LogP contribution in [0.2, 0.25) is 0 Å². The Morgan fingerprint density at radius 2 is 2.17 bits per heavy atom. The summed E-state index contributed by atoms with van der Waals surface area (Å²) in [5.41, 5.74) is 1.12. The summed E-state index contributed by atoms with van der Waals surface area (Å²) >= 11 is 0. The zero-order chi connectivity index (χ0) is 16.2. The second-order valence-electron chi connectivity index (χ2n) is 5.84. The van der Waals surface area contributed by atoms with E-state index < -0.39 is 0 Å². The molecule has 2 amide bonds. The zero-order valence-electron chi connectivity index (χ0n) is 13.1. The molecule has 0 radical (unpaired) electrons. The van der Waals surface area contributed by atoms with Crippen molar-refractivity contribution in [3.05, 3.63) is 23.8 Å². The van der Waals surface area contributed by atoms with Gasteiger partial charge in [-0.2, -0.15) is 0 Å². The molecule has 23 heavy (non-hydrogen) atoms. The summed E-state index contributed by atoms with van der Waals surface area (Å²) in [5.74, 6) is 0.195. The van der Waals surface area contributed by atoms with Crippen molar-refractivity contribution in [2.45, 2.75) is 13.0 Å². The molecule has 0 aromatic heterocycles. The molecule has 1 aromatic carbocycles. The van der Waals surface area contributed by atoms with E-state index in [1.54, 1.807) is 18.2 Å². The molecule has 1 aromatic rings. The number of ether oxygens (including phenoxy) is 2. The van der Waals surface area contributed by atoms with E-state index in [9.17, 15) is 9.59 Å². The third-order valence-electron chi connectivity index (χ3n) is 3.89. The van der Waals surface area contributed by atoms with Crippen molar-refractivity contribution in [3.63, 3.8) is 0 Å². The molecule has 0 saturated carbocycles. The third-order valence-corrected chi connectivity index (χ3v) is 3.89. The van der Waals surface area contributed by atoms with Crippen LogP contribution in [0.5, 0.6) is 5.75 Å². The molecule has 3 rings (SSSR count). The number of hydrogen-bond donors (Lipinski definition) is 2. The van der Waals surface area contributed by atoms with Crippen molar-refractivity contribution >= 4 is 17.5 Å². The fourth-order valence-electron chi connectivity index (χ4n) is 2.74. The Morgan fingerprint density at radius 1 is 1.39 bits per heavy atom. The summed E-state index contributed by atoms with van der Waals surface area (Å²) in [6, 6.07) is 5.07. The molecule has 2 aliphatic heterocycles. The van der Waals surface area contributed by atoms with Crippen LogP contribution in [0.4, 0.5) is 5.69 Å². The van der Waals surface area contributed by atoms with Crippen LogP contribution in [0.1, 0.15) is 17.3 Å². The number of morpholine rings is 1. The molecular weight excluding hydrogens is 298 g/mol. The molecule has 1 unspecified atom stereocenters. The lowest BCUT2D eigenvalue weighted by molar-refractivity contribution is -0.118. The first-order valence-corrected chi connectivity index (χ1v) is 7.79. The molecule has 2 heterocycles. The minimum Gasteiger partial charge on any atom is -0.482 e. The molecular formula is C16H21N3O4. The lowest BCUT2D eigenvalue weighted by Gasteiger charge is -2.29. The van der Waals surface area contributed by atoms with Crippen LogP contribution in [0, 0.1) is 0 Å². The van der Waals surface area contributed by atoms with Crippen molar-refractivity contribution in [3.8, 4) is 5.75 Å². The predicted octanol–water partition coefficient (Wildman–Crippen LogP) is 0.468. The standard InChI is InChI=1S/C16H21N3O4/c1-11(9-19-4-6-22-7-5-19)17-16(21)12-2-3-13-14(8-12)23-10-15(20)18-13/h2-3,8,11H,4-7,9-10H2,1H3,(H,17,21)(H,18,20). The van der Waals surface area contributed by atoms with E-state index in [1.165, 1.54) is 0 Å². The first kappa shape index (κ1) is 15.8. The fraction of sp³-hybridized carbons (Fsp3) is 0.500. The van der Waals surface area contributed by atoms with E-state index in [-0.39, 0.29) is 24.5 Å². The summed E-state index contributed by atoms with van der Waals surface area (Å²) in [4.78, 5) is 25.9. The third kappa shape index (κ3) is 4.00. The Morgan fingerprint density at radius 3 is 2.96 bits per heavy atom. The second-order valence-corrected chi connectivity index (χ2v) is 5.84. The van der Waals surface area contributed by atoms with Gasteiger partial charge >= 0.3 is 0 Å². The molecule has 7 nitrogen and oxygen atoms in total. The molecule has 1 fully saturated rings. The summed E-state index contributed by atoms with van der Waals surface area (Å²) in [6.45, 7) is 6.04. The van der Waals surface area contributed by atoms with Crippen molar-refractivity contribution in [1.82, 2.24) is 10.2 Å². The SMILES string of the molecule is CC(CN1CCOCC1)NC(=O)c1ccc2c(c1)OCC(=O)N2. The molecule has 0 spiro atoms. The number of carbonyl (C=O) groups excluding carboxylic acids is 2. The molecule has 1 atom stereocenters. The van der Waals surface area contributed by atoms with Crippen LogP contribution >= 0.6 is 0 Å². The predicted molar refractivity (Wildman–Crippen MR) is 84.8 cm³/mol. The number of nitrogens with zero attached hydrogens (tertiary/aromatic N) is 1. The van der Waals surface area contributed by atoms with Crippen molar-refractivity contribution in [1.29, 1.82) is 0 Å². The smallest absolute Gasteiger partial charge is 0.262 e. The van der Waals surface area contributed by atoms with E-state index in [0.717, 1.165) is 32.8 Å². The average molecular weight is 319 g/mol. The summed E-state index contributed by atoms with van der Waals surface area (Å²) in [7, 11) is 0. The average Bonchev–Trinajstić information content (AvgIpc) is 2.55. The Labute approximate surface area is 134 Å². The number of rotatable bonds is 4. The van der Waals surface area contributed by atoms with Gasteiger partial charge in [0.2, 0.25) is 0 Å². The van der Waals surface area contributed by atoms with Crippen LogP contribution in [0.15, 0.2) is 18.2 Å². The summed E-state index contributed by atoms with van der Waals surface area (Å²) in [5, 5.41) is 5.70. The molecule has 0 bridgehead atoms. The number of amides is 2. The van der Waals surface area contributed by atoms with Crippen molar-refractivity contribution in [2.24, 2.45) is 0 Å². The number of hydrogen-bond acceptors (Lipinski definition) is 5. The first-order chi connectivity index (χ1) is 11.1. The Kier molecular flexibility index (Phi) is 4.78. The second kappa shape index (κ2) is 6.97. The van der Waals surface area contributed by atoms with E-state index in [2.05, 4.69) is 15.5 Å². The van der Waals surface area contributed by atoms with Gasteiger partial charge in [-0.25, -0.2) is 0 Å². The first-order valence-electron chi connectivity index (χ1n) is 7.79. The van der Waals surface area contributed by atoms with Crippen LogP contribution in [0.3, 0.4) is 0 Å². The summed E-state index contributed by atoms with van der Waals surface area (Å²) in [6.07, 6.45) is 0.